The fourth-order valence-electron chi connectivity index (χ4n) is 2.45. The Hall–Kier alpha value is -4.97. The Kier molecular flexibility index (Phi) is 89.2. The second-order valence-electron chi connectivity index (χ2n) is 7.96. The molecule has 0 amide bonds. The number of carbonyl (C=O) groups is 4. The molecule has 0 radical (unpaired) electrons. The summed E-state index contributed by atoms with van der Waals surface area (Å²) in [5, 5.41) is 111. The van der Waals surface area contributed by atoms with Crippen molar-refractivity contribution in [2.45, 2.75) is 27.7 Å². The summed E-state index contributed by atoms with van der Waals surface area (Å²) in [5.74, 6) is -3.86. The van der Waals surface area contributed by atoms with Crippen molar-refractivity contribution < 1.29 is 174 Å². The maximum atomic E-state index is 11.5. The van der Waals surface area contributed by atoms with Crippen LogP contribution in [0.2, 0.25) is 0 Å². The number of allylic oxidation sites excluding steroid dienone is 4. The normalized spacial score (nSPS) is 8.75. The molecule has 0 spiro atoms. The first-order chi connectivity index (χ1) is 25.0. The van der Waals surface area contributed by atoms with Crippen LogP contribution in [0.5, 0.6) is 0 Å². The van der Waals surface area contributed by atoms with Gasteiger partial charge in [-0.3, -0.25) is 29.1 Å². The second kappa shape index (κ2) is 59.3. The molecule has 13 N–H and O–H groups in total. The summed E-state index contributed by atoms with van der Waals surface area (Å²) in [4.78, 5) is 75.5. The van der Waals surface area contributed by atoms with Gasteiger partial charge in [-0.1, -0.05) is 35.2 Å². The molecule has 0 unspecified atom stereocenters. The van der Waals surface area contributed by atoms with Crippen LogP contribution in [0.15, 0.2) is 60.7 Å². The molecule has 2 aromatic heterocycles. The summed E-state index contributed by atoms with van der Waals surface area (Å²) in [6.07, 6.45) is 3.58. The number of nitrogens with zero attached hydrogens (tertiary/aromatic N) is 5. The summed E-state index contributed by atoms with van der Waals surface area (Å²) in [6, 6.07) is 8.52. The Morgan fingerprint density at radius 1 is 0.459 bits per heavy atom. The van der Waals surface area contributed by atoms with E-state index in [4.69, 9.17) is 61.3 Å². The van der Waals surface area contributed by atoms with Gasteiger partial charge in [-0.25, -0.2) is 0 Å². The van der Waals surface area contributed by atoms with E-state index < -0.39 is 61.4 Å². The first-order valence-electron chi connectivity index (χ1n) is 13.3. The van der Waals surface area contributed by atoms with Crippen LogP contribution in [0.1, 0.15) is 50.5 Å². The zero-order valence-corrected chi connectivity index (χ0v) is 36.9. The fraction of sp³-hybridized carbons (Fsp3) is 0.241. The molecule has 2 rings (SSSR count). The molecule has 0 aromatic carbocycles. The minimum Gasteiger partial charge on any atom is -0.871 e. The monoisotopic (exact) mass is 1120 g/mol. The van der Waals surface area contributed by atoms with E-state index in [0.29, 0.717) is 0 Å². The summed E-state index contributed by atoms with van der Waals surface area (Å²) in [5.41, 5.74) is -0.0259. The number of aliphatic hydroxyl groups excluding tert-OH is 3. The zero-order valence-electron chi connectivity index (χ0n) is 32.5. The molecule has 0 aliphatic carbocycles. The molecule has 2 aromatic rings. The van der Waals surface area contributed by atoms with Crippen LogP contribution in [0, 0.1) is 95.3 Å². The van der Waals surface area contributed by atoms with Gasteiger partial charge in [0.2, 0.25) is 0 Å². The maximum Gasteiger partial charge on any atom is 3.00 e. The van der Waals surface area contributed by atoms with E-state index in [9.17, 15) is 39.6 Å². The number of ketones is 4. The van der Waals surface area contributed by atoms with E-state index in [-0.39, 0.29) is 127 Å². The van der Waals surface area contributed by atoms with Crippen LogP contribution < -0.4 is 20.4 Å². The Balaban J connectivity index is -0.0000000456. The van der Waals surface area contributed by atoms with Crippen LogP contribution in [-0.4, -0.2) is 96.0 Å². The molecule has 0 saturated heterocycles. The van der Waals surface area contributed by atoms with E-state index in [0.717, 1.165) is 45.6 Å². The molecule has 0 bridgehead atoms. The number of aliphatic hydroxyl groups is 3. The van der Waals surface area contributed by atoms with Crippen molar-refractivity contribution in [3.63, 3.8) is 0 Å². The predicted octanol–water partition coefficient (Wildman–Crippen LogP) is -6.07. The molecule has 2 heterocycles. The van der Waals surface area contributed by atoms with Crippen molar-refractivity contribution in [3.05, 3.63) is 129 Å². The maximum absolute atomic E-state index is 11.5. The molecular formula is C29H44EuN5Ni2O24+2. The molecule has 354 valence electrons. The van der Waals surface area contributed by atoms with Crippen molar-refractivity contribution in [2.75, 3.05) is 21.3 Å². The van der Waals surface area contributed by atoms with Crippen LogP contribution >= 0.6 is 0 Å². The van der Waals surface area contributed by atoms with Crippen LogP contribution in [0.3, 0.4) is 0 Å². The fourth-order valence-corrected chi connectivity index (χ4v) is 2.45. The van der Waals surface area contributed by atoms with Gasteiger partial charge in [0, 0.05) is 21.3 Å². The summed E-state index contributed by atoms with van der Waals surface area (Å²) < 4.78 is 0. The average Bonchev–Trinajstić information content (AvgIpc) is 3.06. The Morgan fingerprint density at radius 3 is 0.672 bits per heavy atom. The number of aromatic nitrogens is 2. The smallest absolute Gasteiger partial charge is 0.871 e. The van der Waals surface area contributed by atoms with Gasteiger partial charge in [-0.2, -0.15) is 0 Å². The number of hydrogen-bond acceptors (Lipinski definition) is 22. The van der Waals surface area contributed by atoms with Gasteiger partial charge in [0.1, 0.15) is 0 Å². The van der Waals surface area contributed by atoms with Crippen molar-refractivity contribution >= 4 is 46.2 Å². The largest absolute Gasteiger partial charge is 3.00 e. The van der Waals surface area contributed by atoms with Crippen molar-refractivity contribution in [2.24, 2.45) is 0 Å². The second-order valence-corrected chi connectivity index (χ2v) is 7.96. The molecule has 32 heteroatoms. The van der Waals surface area contributed by atoms with Crippen LogP contribution in [-0.2, 0) is 63.1 Å². The quantitative estimate of drug-likeness (QED) is 0.0553. The van der Waals surface area contributed by atoms with E-state index in [1.165, 1.54) is 64.1 Å². The van der Waals surface area contributed by atoms with Gasteiger partial charge in [0.05, 0.1) is 38.0 Å². The Labute approximate surface area is 406 Å². The van der Waals surface area contributed by atoms with E-state index in [1.54, 1.807) is 0 Å². The minimum atomic E-state index is -1.75. The topological polar surface area (TPSA) is 575 Å². The van der Waals surface area contributed by atoms with Gasteiger partial charge < -0.3 is 104 Å². The van der Waals surface area contributed by atoms with Crippen molar-refractivity contribution in [1.82, 2.24) is 9.97 Å². The molecule has 0 aliphatic rings. The van der Waals surface area contributed by atoms with E-state index >= 15 is 0 Å². The third-order valence-corrected chi connectivity index (χ3v) is 3.85. The zero-order chi connectivity index (χ0) is 44.1. The molecular weight excluding hydrogens is 1070 g/mol. The number of rotatable bonds is 8. The Bertz CT molecular complexity index is 1400. The molecule has 0 fully saturated rings. The van der Waals surface area contributed by atoms with Crippen molar-refractivity contribution in [1.29, 1.82) is 0 Å². The summed E-state index contributed by atoms with van der Waals surface area (Å²) in [7, 11) is 3.00. The summed E-state index contributed by atoms with van der Waals surface area (Å²) >= 11 is 0. The molecule has 29 nitrogen and oxygen atoms in total. The van der Waals surface area contributed by atoms with Crippen LogP contribution in [0.4, 0.5) is 0 Å². The van der Waals surface area contributed by atoms with Gasteiger partial charge in [-0.05, 0) is 76.3 Å². The SMILES string of the molecule is CC(=O)/C=C(\[O-])c1cccc(/C([O-])=C/C(C)=O)n1.CC(=O)/C=C(\[O-])c1cccc(/C([O-])=C/C(C)=O)n1.CO.CO.CO.O.O.O=[N+]([O-])[O-].O=[N+]([O-])[O-].O=[N+]([O-])[O-].[Eu+3].[Ni+2].[Ni+2].[OH3+].[OH3+]. The molecule has 0 aliphatic heterocycles. The van der Waals surface area contributed by atoms with Gasteiger partial charge in [-0.15, -0.1) is 0 Å². The number of carbonyl (C=O) groups excluding carboxylic acids is 4. The first-order valence-corrected chi connectivity index (χ1v) is 13.3. The van der Waals surface area contributed by atoms with Gasteiger partial charge in [0.15, 0.2) is 23.1 Å². The van der Waals surface area contributed by atoms with Gasteiger partial charge in [0.25, 0.3) is 0 Å². The third kappa shape index (κ3) is 70.0. The summed E-state index contributed by atoms with van der Waals surface area (Å²) in [6.45, 7) is 4.99. The minimum absolute atomic E-state index is 0. The van der Waals surface area contributed by atoms with E-state index in [2.05, 4.69) is 9.97 Å². The molecule has 0 saturated carbocycles. The van der Waals surface area contributed by atoms with E-state index in [1.807, 2.05) is 0 Å². The predicted molar refractivity (Wildman–Crippen MR) is 196 cm³/mol. The van der Waals surface area contributed by atoms with Crippen molar-refractivity contribution in [3.8, 4) is 0 Å². The number of hydrogen-bond donors (Lipinski definition) is 3. The third-order valence-electron chi connectivity index (χ3n) is 3.85. The standard InChI is InChI=1S/2C13H13NO4.3CH4O.Eu.3NO3.2Ni.4H2O/c2*1-8(15)6-12(17)10-4-3-5-11(14-10)13(18)7-9(2)16;3*1-2;;3*2-1(3)4;;;;;;/h2*3-7,17-18H,1-2H3;3*2H,1H3;;;;;;;4*1H2/q;;;;;+3;3*-1;2*+2;;;;/p-2/b2*12-6-,13-7-;;;;;;;;;;;;;. The molecule has 0 atom stereocenters. The Morgan fingerprint density at radius 2 is 0.574 bits per heavy atom. The van der Waals surface area contributed by atoms with Gasteiger partial charge >= 0.3 is 82.4 Å². The average molecular weight is 1120 g/mol. The first kappa shape index (κ1) is 91.6. The van der Waals surface area contributed by atoms with Crippen LogP contribution in [0.25, 0.3) is 23.0 Å². The number of pyridine rings is 2. The molecule has 61 heavy (non-hydrogen) atoms.